The SMILES string of the molecule is COC(=O)c1ccc(N2CCOCC2)c(NC(=S)NC(=O)c2cc3ccccc3o2)c1. The highest BCUT2D eigenvalue weighted by Gasteiger charge is 2.19. The molecule has 0 unspecified atom stereocenters. The van der Waals surface area contributed by atoms with Crippen LogP contribution in [0.25, 0.3) is 11.0 Å². The summed E-state index contributed by atoms with van der Waals surface area (Å²) in [6.07, 6.45) is 0. The summed E-state index contributed by atoms with van der Waals surface area (Å²) in [6, 6.07) is 14.2. The van der Waals surface area contributed by atoms with Crippen molar-refractivity contribution in [3.63, 3.8) is 0 Å². The van der Waals surface area contributed by atoms with Gasteiger partial charge in [-0.15, -0.1) is 0 Å². The molecule has 1 aromatic heterocycles. The molecule has 160 valence electrons. The van der Waals surface area contributed by atoms with E-state index in [1.54, 1.807) is 24.3 Å². The monoisotopic (exact) mass is 439 g/mol. The molecule has 1 fully saturated rings. The summed E-state index contributed by atoms with van der Waals surface area (Å²) in [7, 11) is 1.32. The second kappa shape index (κ2) is 9.15. The highest BCUT2D eigenvalue weighted by molar-refractivity contribution is 7.80. The first-order chi connectivity index (χ1) is 15.0. The number of morpholine rings is 1. The molecule has 1 aliphatic heterocycles. The molecule has 2 N–H and O–H groups in total. The van der Waals surface area contributed by atoms with Gasteiger partial charge in [0.1, 0.15) is 5.58 Å². The van der Waals surface area contributed by atoms with Crippen LogP contribution >= 0.6 is 12.2 Å². The molecule has 1 amide bonds. The van der Waals surface area contributed by atoms with Gasteiger partial charge in [-0.2, -0.15) is 0 Å². The summed E-state index contributed by atoms with van der Waals surface area (Å²) in [5.74, 6) is -0.776. The normalized spacial score (nSPS) is 13.6. The van der Waals surface area contributed by atoms with E-state index in [4.69, 9.17) is 26.1 Å². The van der Waals surface area contributed by atoms with Gasteiger partial charge in [-0.3, -0.25) is 10.1 Å². The predicted octanol–water partition coefficient (Wildman–Crippen LogP) is 3.18. The van der Waals surface area contributed by atoms with E-state index in [-0.39, 0.29) is 10.9 Å². The van der Waals surface area contributed by atoms with Gasteiger partial charge in [0.2, 0.25) is 0 Å². The van der Waals surface area contributed by atoms with Crippen LogP contribution in [-0.4, -0.2) is 50.4 Å². The molecule has 0 bridgehead atoms. The van der Waals surface area contributed by atoms with Crippen molar-refractivity contribution < 1.29 is 23.5 Å². The number of fused-ring (bicyclic) bond motifs is 1. The number of amides is 1. The predicted molar refractivity (Wildman–Crippen MR) is 121 cm³/mol. The van der Waals surface area contributed by atoms with Crippen LogP contribution in [0.4, 0.5) is 11.4 Å². The zero-order chi connectivity index (χ0) is 21.8. The number of methoxy groups -OCH3 is 1. The van der Waals surface area contributed by atoms with Crippen LogP contribution in [0.2, 0.25) is 0 Å². The van der Waals surface area contributed by atoms with Crippen molar-refractivity contribution in [2.75, 3.05) is 43.6 Å². The average Bonchev–Trinajstić information content (AvgIpc) is 3.23. The molecular weight excluding hydrogens is 418 g/mol. The van der Waals surface area contributed by atoms with Crippen molar-refractivity contribution >= 4 is 51.6 Å². The van der Waals surface area contributed by atoms with Gasteiger partial charge in [0, 0.05) is 18.5 Å². The Kier molecular flexibility index (Phi) is 6.15. The van der Waals surface area contributed by atoms with Gasteiger partial charge >= 0.3 is 5.97 Å². The topological polar surface area (TPSA) is 93.0 Å². The van der Waals surface area contributed by atoms with Gasteiger partial charge in [0.05, 0.1) is 37.3 Å². The number of esters is 1. The molecule has 4 rings (SSSR count). The van der Waals surface area contributed by atoms with E-state index in [2.05, 4.69) is 15.5 Å². The number of para-hydroxylation sites is 1. The molecule has 8 nitrogen and oxygen atoms in total. The Bertz CT molecular complexity index is 1100. The number of carbonyl (C=O) groups excluding carboxylic acids is 2. The maximum absolute atomic E-state index is 12.6. The van der Waals surface area contributed by atoms with Gasteiger partial charge in [0.15, 0.2) is 10.9 Å². The van der Waals surface area contributed by atoms with Crippen LogP contribution in [0, 0.1) is 0 Å². The fourth-order valence-corrected chi connectivity index (χ4v) is 3.58. The maximum atomic E-state index is 12.6. The van der Waals surface area contributed by atoms with Crippen LogP contribution in [0.1, 0.15) is 20.9 Å². The first kappa shape index (κ1) is 20.8. The van der Waals surface area contributed by atoms with Crippen LogP contribution in [0.5, 0.6) is 0 Å². The number of hydrogen-bond acceptors (Lipinski definition) is 7. The van der Waals surface area contributed by atoms with E-state index in [0.29, 0.717) is 43.1 Å². The van der Waals surface area contributed by atoms with E-state index in [1.165, 1.54) is 7.11 Å². The second-order valence-electron chi connectivity index (χ2n) is 6.88. The first-order valence-electron chi connectivity index (χ1n) is 9.71. The molecule has 2 heterocycles. The minimum atomic E-state index is -0.467. The summed E-state index contributed by atoms with van der Waals surface area (Å²) >= 11 is 5.35. The Morgan fingerprint density at radius 3 is 2.61 bits per heavy atom. The Balaban J connectivity index is 1.53. The van der Waals surface area contributed by atoms with Crippen molar-refractivity contribution in [2.24, 2.45) is 0 Å². The number of nitrogens with zero attached hydrogens (tertiary/aromatic N) is 1. The lowest BCUT2D eigenvalue weighted by Crippen LogP contribution is -2.38. The molecule has 0 atom stereocenters. The van der Waals surface area contributed by atoms with Crippen LogP contribution in [-0.2, 0) is 9.47 Å². The molecule has 3 aromatic rings. The van der Waals surface area contributed by atoms with Gasteiger partial charge in [-0.1, -0.05) is 18.2 Å². The number of benzene rings is 2. The molecule has 1 saturated heterocycles. The van der Waals surface area contributed by atoms with E-state index >= 15 is 0 Å². The van der Waals surface area contributed by atoms with Crippen molar-refractivity contribution in [1.82, 2.24) is 5.32 Å². The molecule has 0 spiro atoms. The number of thiocarbonyl (C=S) groups is 1. The lowest BCUT2D eigenvalue weighted by atomic mass is 10.1. The summed E-state index contributed by atoms with van der Waals surface area (Å²) in [5.41, 5.74) is 2.41. The number of anilines is 2. The second-order valence-corrected chi connectivity index (χ2v) is 7.29. The number of rotatable bonds is 4. The van der Waals surface area contributed by atoms with E-state index < -0.39 is 11.9 Å². The highest BCUT2D eigenvalue weighted by atomic mass is 32.1. The molecule has 0 saturated carbocycles. The van der Waals surface area contributed by atoms with Crippen LogP contribution in [0.15, 0.2) is 52.9 Å². The first-order valence-corrected chi connectivity index (χ1v) is 10.1. The number of ether oxygens (including phenoxy) is 2. The molecule has 0 radical (unpaired) electrons. The molecule has 2 aromatic carbocycles. The van der Waals surface area contributed by atoms with Gasteiger partial charge in [-0.05, 0) is 42.5 Å². The third kappa shape index (κ3) is 4.68. The smallest absolute Gasteiger partial charge is 0.337 e. The van der Waals surface area contributed by atoms with Crippen molar-refractivity contribution in [3.8, 4) is 0 Å². The van der Waals surface area contributed by atoms with E-state index in [1.807, 2.05) is 24.3 Å². The standard InChI is InChI=1S/C22H21N3O5S/c1-28-21(27)15-6-7-17(25-8-10-29-11-9-25)16(12-15)23-22(31)24-20(26)19-13-14-4-2-3-5-18(14)30-19/h2-7,12-13H,8-11H2,1H3,(H2,23,24,26,31). The number of nitrogens with one attached hydrogen (secondary N) is 2. The van der Waals surface area contributed by atoms with Crippen molar-refractivity contribution in [3.05, 3.63) is 59.9 Å². The lowest BCUT2D eigenvalue weighted by molar-refractivity contribution is 0.0600. The number of hydrogen-bond donors (Lipinski definition) is 2. The quantitative estimate of drug-likeness (QED) is 0.473. The summed E-state index contributed by atoms with van der Waals surface area (Å²) in [4.78, 5) is 26.7. The third-order valence-electron chi connectivity index (χ3n) is 4.89. The van der Waals surface area contributed by atoms with E-state index in [9.17, 15) is 9.59 Å². The Morgan fingerprint density at radius 1 is 1.10 bits per heavy atom. The average molecular weight is 439 g/mol. The van der Waals surface area contributed by atoms with Crippen LogP contribution < -0.4 is 15.5 Å². The minimum absolute atomic E-state index is 0.0852. The molecule has 1 aliphatic rings. The molecular formula is C22H21N3O5S. The van der Waals surface area contributed by atoms with Crippen molar-refractivity contribution in [1.29, 1.82) is 0 Å². The Labute approximate surface area is 184 Å². The molecule has 31 heavy (non-hydrogen) atoms. The van der Waals surface area contributed by atoms with E-state index in [0.717, 1.165) is 11.1 Å². The molecule has 0 aliphatic carbocycles. The fourth-order valence-electron chi connectivity index (χ4n) is 3.37. The summed E-state index contributed by atoms with van der Waals surface area (Å²) in [5, 5.41) is 6.57. The highest BCUT2D eigenvalue weighted by Crippen LogP contribution is 2.28. The fraction of sp³-hybridized carbons (Fsp3) is 0.227. The van der Waals surface area contributed by atoms with Gasteiger partial charge < -0.3 is 24.1 Å². The number of furan rings is 1. The molecule has 9 heteroatoms. The largest absolute Gasteiger partial charge is 0.465 e. The summed E-state index contributed by atoms with van der Waals surface area (Å²) in [6.45, 7) is 2.60. The number of carbonyl (C=O) groups is 2. The zero-order valence-electron chi connectivity index (χ0n) is 16.8. The Hall–Kier alpha value is -3.43. The third-order valence-corrected chi connectivity index (χ3v) is 5.10. The zero-order valence-corrected chi connectivity index (χ0v) is 17.7. The lowest BCUT2D eigenvalue weighted by Gasteiger charge is -2.31. The Morgan fingerprint density at radius 2 is 1.87 bits per heavy atom. The van der Waals surface area contributed by atoms with Crippen LogP contribution in [0.3, 0.4) is 0 Å². The van der Waals surface area contributed by atoms with Gasteiger partial charge in [0.25, 0.3) is 5.91 Å². The maximum Gasteiger partial charge on any atom is 0.337 e. The minimum Gasteiger partial charge on any atom is -0.465 e. The van der Waals surface area contributed by atoms with Crippen molar-refractivity contribution in [2.45, 2.75) is 0 Å². The van der Waals surface area contributed by atoms with Gasteiger partial charge in [-0.25, -0.2) is 4.79 Å². The summed E-state index contributed by atoms with van der Waals surface area (Å²) < 4.78 is 15.8.